The SMILES string of the molecule is C=C[C@@H]1[C@H]2CC(=O)O[C@H]2C[C@H]1O[Si](c1ccccc1)(c1ccccc1)C(C)(C)C. The van der Waals surface area contributed by atoms with Crippen LogP contribution in [-0.2, 0) is 14.0 Å². The third-order valence-corrected chi connectivity index (χ3v) is 11.6. The van der Waals surface area contributed by atoms with Crippen molar-refractivity contribution in [3.8, 4) is 0 Å². The Balaban J connectivity index is 1.81. The molecule has 29 heavy (non-hydrogen) atoms. The first-order chi connectivity index (χ1) is 13.9. The summed E-state index contributed by atoms with van der Waals surface area (Å²) in [6.07, 6.45) is 3.16. The second kappa shape index (κ2) is 7.58. The average molecular weight is 407 g/mol. The predicted molar refractivity (Wildman–Crippen MR) is 119 cm³/mol. The van der Waals surface area contributed by atoms with E-state index in [0.29, 0.717) is 6.42 Å². The van der Waals surface area contributed by atoms with Crippen molar-refractivity contribution in [2.45, 2.75) is 50.9 Å². The van der Waals surface area contributed by atoms with E-state index >= 15 is 0 Å². The van der Waals surface area contributed by atoms with Crippen molar-refractivity contribution in [1.29, 1.82) is 0 Å². The van der Waals surface area contributed by atoms with Crippen LogP contribution < -0.4 is 10.4 Å². The van der Waals surface area contributed by atoms with Crippen molar-refractivity contribution in [3.63, 3.8) is 0 Å². The fourth-order valence-corrected chi connectivity index (χ4v) is 9.99. The molecule has 1 saturated carbocycles. The summed E-state index contributed by atoms with van der Waals surface area (Å²) in [6.45, 7) is 11.0. The molecule has 0 radical (unpaired) electrons. The molecule has 2 aromatic carbocycles. The van der Waals surface area contributed by atoms with Crippen LogP contribution in [0.2, 0.25) is 5.04 Å². The average Bonchev–Trinajstić information content (AvgIpc) is 3.21. The summed E-state index contributed by atoms with van der Waals surface area (Å²) >= 11 is 0. The van der Waals surface area contributed by atoms with Gasteiger partial charge < -0.3 is 9.16 Å². The van der Waals surface area contributed by atoms with E-state index in [1.807, 2.05) is 6.08 Å². The molecule has 1 aliphatic carbocycles. The third-order valence-electron chi connectivity index (χ3n) is 6.57. The standard InChI is InChI=1S/C25H30O3Si/c1-5-20-21-16-24(26)27-22(21)17-23(20)28-29(25(2,3)4,18-12-8-6-9-13-18)19-14-10-7-11-15-19/h5-15,20-23H,1,16-17H2,2-4H3/t20-,21-,22+,23-/m1/s1. The number of benzene rings is 2. The maximum atomic E-state index is 11.8. The first-order valence-corrected chi connectivity index (χ1v) is 12.4. The van der Waals surface area contributed by atoms with Gasteiger partial charge in [-0.1, -0.05) is 87.5 Å². The number of fused-ring (bicyclic) bond motifs is 1. The van der Waals surface area contributed by atoms with Gasteiger partial charge in [0.25, 0.3) is 8.32 Å². The van der Waals surface area contributed by atoms with Crippen molar-refractivity contribution < 1.29 is 14.0 Å². The van der Waals surface area contributed by atoms with E-state index in [1.54, 1.807) is 0 Å². The molecule has 1 saturated heterocycles. The van der Waals surface area contributed by atoms with Gasteiger partial charge in [-0.15, -0.1) is 6.58 Å². The predicted octanol–water partition coefficient (Wildman–Crippen LogP) is 4.07. The van der Waals surface area contributed by atoms with E-state index < -0.39 is 8.32 Å². The molecule has 0 aromatic heterocycles. The Hall–Kier alpha value is -2.17. The molecule has 4 atom stereocenters. The molecule has 0 N–H and O–H groups in total. The van der Waals surface area contributed by atoms with Gasteiger partial charge in [0.15, 0.2) is 0 Å². The van der Waals surface area contributed by atoms with Gasteiger partial charge in [0.1, 0.15) is 6.10 Å². The lowest BCUT2D eigenvalue weighted by atomic mass is 9.92. The molecule has 152 valence electrons. The van der Waals surface area contributed by atoms with Crippen LogP contribution in [0.25, 0.3) is 0 Å². The summed E-state index contributed by atoms with van der Waals surface area (Å²) in [7, 11) is -2.63. The molecule has 2 aliphatic rings. The molecule has 0 unspecified atom stereocenters. The van der Waals surface area contributed by atoms with E-state index in [4.69, 9.17) is 9.16 Å². The summed E-state index contributed by atoms with van der Waals surface area (Å²) in [6, 6.07) is 21.4. The van der Waals surface area contributed by atoms with E-state index in [9.17, 15) is 4.79 Å². The van der Waals surface area contributed by atoms with Crippen LogP contribution in [0.5, 0.6) is 0 Å². The lowest BCUT2D eigenvalue weighted by molar-refractivity contribution is -0.141. The van der Waals surface area contributed by atoms with Gasteiger partial charge in [-0.2, -0.15) is 0 Å². The molecule has 0 amide bonds. The fraction of sp³-hybridized carbons (Fsp3) is 0.400. The lowest BCUT2D eigenvalue weighted by Crippen LogP contribution is -2.68. The second-order valence-electron chi connectivity index (χ2n) is 9.26. The van der Waals surface area contributed by atoms with Crippen molar-refractivity contribution in [1.82, 2.24) is 0 Å². The first-order valence-electron chi connectivity index (χ1n) is 10.5. The van der Waals surface area contributed by atoms with Gasteiger partial charge in [0.05, 0.1) is 12.5 Å². The Morgan fingerprint density at radius 2 is 1.59 bits per heavy atom. The smallest absolute Gasteiger partial charge is 0.306 e. The van der Waals surface area contributed by atoms with Crippen molar-refractivity contribution in [3.05, 3.63) is 73.3 Å². The minimum atomic E-state index is -2.63. The lowest BCUT2D eigenvalue weighted by Gasteiger charge is -2.45. The Morgan fingerprint density at radius 3 is 2.07 bits per heavy atom. The van der Waals surface area contributed by atoms with Gasteiger partial charge in [-0.3, -0.25) is 4.79 Å². The second-order valence-corrected chi connectivity index (χ2v) is 13.5. The van der Waals surface area contributed by atoms with Crippen LogP contribution >= 0.6 is 0 Å². The van der Waals surface area contributed by atoms with Gasteiger partial charge in [-0.25, -0.2) is 0 Å². The van der Waals surface area contributed by atoms with E-state index in [2.05, 4.69) is 88.0 Å². The highest BCUT2D eigenvalue weighted by Gasteiger charge is 2.56. The van der Waals surface area contributed by atoms with Crippen LogP contribution in [0.15, 0.2) is 73.3 Å². The Bertz CT molecular complexity index is 832. The van der Waals surface area contributed by atoms with Crippen LogP contribution in [0.3, 0.4) is 0 Å². The minimum absolute atomic E-state index is 0.00176. The zero-order chi connectivity index (χ0) is 20.6. The van der Waals surface area contributed by atoms with Crippen LogP contribution in [0.1, 0.15) is 33.6 Å². The zero-order valence-corrected chi connectivity index (χ0v) is 18.5. The van der Waals surface area contributed by atoms with E-state index in [-0.39, 0.29) is 35.1 Å². The van der Waals surface area contributed by atoms with Gasteiger partial charge in [0, 0.05) is 18.3 Å². The number of carbonyl (C=O) groups is 1. The topological polar surface area (TPSA) is 35.5 Å². The molecular weight excluding hydrogens is 376 g/mol. The highest BCUT2D eigenvalue weighted by Crippen LogP contribution is 2.46. The maximum absolute atomic E-state index is 11.8. The Morgan fingerprint density at radius 1 is 1.03 bits per heavy atom. The molecule has 1 heterocycles. The summed E-state index contributed by atoms with van der Waals surface area (Å²) in [4.78, 5) is 11.8. The molecule has 3 nitrogen and oxygen atoms in total. The van der Waals surface area contributed by atoms with Crippen LogP contribution in [0.4, 0.5) is 0 Å². The minimum Gasteiger partial charge on any atom is -0.462 e. The van der Waals surface area contributed by atoms with Crippen molar-refractivity contribution >= 4 is 24.7 Å². The van der Waals surface area contributed by atoms with E-state index in [1.165, 1.54) is 10.4 Å². The summed E-state index contributed by atoms with van der Waals surface area (Å²) in [5, 5.41) is 2.47. The molecular formula is C25H30O3Si. The van der Waals surface area contributed by atoms with Gasteiger partial charge >= 0.3 is 5.97 Å². The van der Waals surface area contributed by atoms with Crippen LogP contribution in [-0.4, -0.2) is 26.5 Å². The Labute approximate surface area is 174 Å². The molecule has 0 bridgehead atoms. The number of carbonyl (C=O) groups excluding carboxylic acids is 1. The van der Waals surface area contributed by atoms with Gasteiger partial charge in [0.2, 0.25) is 0 Å². The molecule has 1 aliphatic heterocycles. The highest BCUT2D eigenvalue weighted by atomic mass is 28.4. The monoisotopic (exact) mass is 406 g/mol. The summed E-state index contributed by atoms with van der Waals surface area (Å²) in [5.41, 5.74) is 0. The number of hydrogen-bond donors (Lipinski definition) is 0. The summed E-state index contributed by atoms with van der Waals surface area (Å²) in [5.74, 6) is 0.229. The number of ether oxygens (including phenoxy) is 1. The maximum Gasteiger partial charge on any atom is 0.306 e. The fourth-order valence-electron chi connectivity index (χ4n) is 5.27. The highest BCUT2D eigenvalue weighted by molar-refractivity contribution is 6.99. The zero-order valence-electron chi connectivity index (χ0n) is 17.5. The molecule has 2 fully saturated rings. The number of rotatable bonds is 5. The molecule has 4 rings (SSSR count). The van der Waals surface area contributed by atoms with Gasteiger partial charge in [-0.05, 0) is 15.4 Å². The van der Waals surface area contributed by atoms with Crippen molar-refractivity contribution in [2.75, 3.05) is 0 Å². The Kier molecular flexibility index (Phi) is 5.26. The van der Waals surface area contributed by atoms with E-state index in [0.717, 1.165) is 6.42 Å². The molecule has 2 aromatic rings. The largest absolute Gasteiger partial charge is 0.462 e. The number of hydrogen-bond acceptors (Lipinski definition) is 3. The third kappa shape index (κ3) is 3.38. The first kappa shape index (κ1) is 20.1. The number of esters is 1. The summed E-state index contributed by atoms with van der Waals surface area (Å²) < 4.78 is 12.9. The molecule has 4 heteroatoms. The van der Waals surface area contributed by atoms with Crippen molar-refractivity contribution in [2.24, 2.45) is 11.8 Å². The molecule has 0 spiro atoms. The normalized spacial score (nSPS) is 26.8. The van der Waals surface area contributed by atoms with Crippen LogP contribution in [0, 0.1) is 11.8 Å². The quantitative estimate of drug-likeness (QED) is 0.427.